The molecule has 0 N–H and O–H groups in total. The van der Waals surface area contributed by atoms with Crippen LogP contribution in [0, 0.1) is 5.21 Å². The van der Waals surface area contributed by atoms with Crippen molar-refractivity contribution in [3.05, 3.63) is 76.0 Å². The van der Waals surface area contributed by atoms with Gasteiger partial charge in [0.1, 0.15) is 0 Å². The summed E-state index contributed by atoms with van der Waals surface area (Å²) in [5.41, 5.74) is 1.84. The second-order valence-electron chi connectivity index (χ2n) is 3.74. The predicted molar refractivity (Wildman–Crippen MR) is 70.4 cm³/mol. The van der Waals surface area contributed by atoms with Crippen LogP contribution in [0.3, 0.4) is 0 Å². The molecule has 0 amide bonds. The summed E-state index contributed by atoms with van der Waals surface area (Å²) in [6.45, 7) is 0.351. The third-order valence-corrected chi connectivity index (χ3v) is 2.60. The molecule has 0 fully saturated rings. The second-order valence-corrected chi connectivity index (χ2v) is 4.18. The summed E-state index contributed by atoms with van der Waals surface area (Å²) in [5, 5.41) is 12.4. The molecule has 17 heavy (non-hydrogen) atoms. The first kappa shape index (κ1) is 11.7. The lowest BCUT2D eigenvalue weighted by atomic mass is 10.2. The van der Waals surface area contributed by atoms with E-state index in [9.17, 15) is 5.21 Å². The van der Waals surface area contributed by atoms with Crippen LogP contribution in [0.4, 0.5) is 0 Å². The lowest BCUT2D eigenvalue weighted by Gasteiger charge is -2.03. The molecule has 2 rings (SSSR count). The van der Waals surface area contributed by atoms with Gasteiger partial charge in [-0.3, -0.25) is 0 Å². The zero-order chi connectivity index (χ0) is 12.1. The summed E-state index contributed by atoms with van der Waals surface area (Å²) in [6, 6.07) is 16.8. The number of rotatable bonds is 3. The first-order chi connectivity index (χ1) is 8.24. The molecule has 0 saturated carbocycles. The van der Waals surface area contributed by atoms with E-state index in [-0.39, 0.29) is 0 Å². The molecule has 0 saturated heterocycles. The molecular formula is C14H12ClNO. The van der Waals surface area contributed by atoms with Crippen LogP contribution in [0.2, 0.25) is 5.02 Å². The van der Waals surface area contributed by atoms with E-state index in [0.717, 1.165) is 15.9 Å². The van der Waals surface area contributed by atoms with Gasteiger partial charge >= 0.3 is 0 Å². The average molecular weight is 246 g/mol. The van der Waals surface area contributed by atoms with Crippen LogP contribution in [0.15, 0.2) is 54.6 Å². The quantitative estimate of drug-likeness (QED) is 0.352. The number of hydroxylamine groups is 1. The van der Waals surface area contributed by atoms with Gasteiger partial charge in [-0.25, -0.2) is 4.74 Å². The molecule has 86 valence electrons. The lowest BCUT2D eigenvalue weighted by molar-refractivity contribution is -0.469. The van der Waals surface area contributed by atoms with E-state index in [0.29, 0.717) is 11.6 Å². The molecule has 0 aliphatic heterocycles. The van der Waals surface area contributed by atoms with Gasteiger partial charge < -0.3 is 5.21 Å². The third-order valence-electron chi connectivity index (χ3n) is 2.34. The van der Waals surface area contributed by atoms with Crippen LogP contribution in [0.1, 0.15) is 11.1 Å². The van der Waals surface area contributed by atoms with E-state index in [2.05, 4.69) is 0 Å². The predicted octanol–water partition coefficient (Wildman–Crippen LogP) is 3.47. The Bertz CT molecular complexity index is 506. The number of benzene rings is 2. The number of nitrogens with zero attached hydrogens (tertiary/aromatic N) is 1. The minimum absolute atomic E-state index is 0.351. The van der Waals surface area contributed by atoms with Crippen molar-refractivity contribution >= 4 is 17.8 Å². The Morgan fingerprint density at radius 3 is 2.29 bits per heavy atom. The maximum absolute atomic E-state index is 11.7. The van der Waals surface area contributed by atoms with Crippen molar-refractivity contribution in [1.82, 2.24) is 0 Å². The molecule has 0 aromatic heterocycles. The van der Waals surface area contributed by atoms with Gasteiger partial charge in [0.25, 0.3) is 0 Å². The molecular weight excluding hydrogens is 234 g/mol. The molecule has 2 nitrogen and oxygen atoms in total. The van der Waals surface area contributed by atoms with Crippen LogP contribution in [0.5, 0.6) is 0 Å². The first-order valence-electron chi connectivity index (χ1n) is 5.32. The van der Waals surface area contributed by atoms with Gasteiger partial charge in [-0.05, 0) is 24.3 Å². The number of hydrogen-bond acceptors (Lipinski definition) is 1. The van der Waals surface area contributed by atoms with E-state index >= 15 is 0 Å². The van der Waals surface area contributed by atoms with E-state index in [1.165, 1.54) is 0 Å². The van der Waals surface area contributed by atoms with Crippen molar-refractivity contribution in [3.8, 4) is 0 Å². The van der Waals surface area contributed by atoms with Gasteiger partial charge in [-0.2, -0.15) is 0 Å². The van der Waals surface area contributed by atoms with Crippen LogP contribution in [-0.2, 0) is 6.54 Å². The number of halogens is 1. The molecule has 0 atom stereocenters. The molecule has 0 aliphatic rings. The zero-order valence-electron chi connectivity index (χ0n) is 9.21. The summed E-state index contributed by atoms with van der Waals surface area (Å²) in [4.78, 5) is 0. The highest BCUT2D eigenvalue weighted by atomic mass is 35.5. The van der Waals surface area contributed by atoms with Crippen LogP contribution < -0.4 is 0 Å². The lowest BCUT2D eigenvalue weighted by Crippen LogP contribution is -2.05. The molecule has 2 aromatic rings. The van der Waals surface area contributed by atoms with Gasteiger partial charge in [0, 0.05) is 16.1 Å². The van der Waals surface area contributed by atoms with Crippen molar-refractivity contribution in [2.75, 3.05) is 0 Å². The van der Waals surface area contributed by atoms with Gasteiger partial charge in [0.15, 0.2) is 12.8 Å². The summed E-state index contributed by atoms with van der Waals surface area (Å²) in [6.07, 6.45) is 1.56. The van der Waals surface area contributed by atoms with Crippen LogP contribution in [0.25, 0.3) is 0 Å². The Morgan fingerprint density at radius 1 is 1.00 bits per heavy atom. The molecule has 3 heteroatoms. The Balaban J connectivity index is 2.09. The Morgan fingerprint density at radius 2 is 1.65 bits per heavy atom. The van der Waals surface area contributed by atoms with Crippen LogP contribution >= 0.6 is 11.6 Å². The standard InChI is InChI=1S/C14H12ClNO/c15-14-8-6-13(7-9-14)11-16(17)10-12-4-2-1-3-5-12/h1-9,11H,10H2/b16-11+. The molecule has 0 radical (unpaired) electrons. The molecule has 0 aliphatic carbocycles. The van der Waals surface area contributed by atoms with E-state index in [1.54, 1.807) is 18.3 Å². The first-order valence-corrected chi connectivity index (χ1v) is 5.70. The van der Waals surface area contributed by atoms with E-state index in [1.807, 2.05) is 42.5 Å². The van der Waals surface area contributed by atoms with Gasteiger partial charge in [-0.15, -0.1) is 0 Å². The summed E-state index contributed by atoms with van der Waals surface area (Å²) >= 11 is 5.77. The Hall–Kier alpha value is -1.80. The summed E-state index contributed by atoms with van der Waals surface area (Å²) in [5.74, 6) is 0. The second kappa shape index (κ2) is 5.51. The fourth-order valence-corrected chi connectivity index (χ4v) is 1.65. The van der Waals surface area contributed by atoms with Gasteiger partial charge in [-0.1, -0.05) is 41.9 Å². The SMILES string of the molecule is [O-]/[N+](=C/c1ccc(Cl)cc1)Cc1ccccc1. The monoisotopic (exact) mass is 245 g/mol. The van der Waals surface area contributed by atoms with Crippen molar-refractivity contribution in [1.29, 1.82) is 0 Å². The van der Waals surface area contributed by atoms with E-state index in [4.69, 9.17) is 11.6 Å². The topological polar surface area (TPSA) is 26.1 Å². The fraction of sp³-hybridized carbons (Fsp3) is 0.0714. The highest BCUT2D eigenvalue weighted by Crippen LogP contribution is 2.08. The normalized spacial score (nSPS) is 11.5. The van der Waals surface area contributed by atoms with Crippen molar-refractivity contribution in [2.45, 2.75) is 6.54 Å². The Labute approximate surface area is 105 Å². The molecule has 0 spiro atoms. The summed E-state index contributed by atoms with van der Waals surface area (Å²) in [7, 11) is 0. The maximum Gasteiger partial charge on any atom is 0.182 e. The number of hydrogen-bond donors (Lipinski definition) is 0. The molecule has 0 bridgehead atoms. The molecule has 0 heterocycles. The highest BCUT2D eigenvalue weighted by Gasteiger charge is 1.98. The molecule has 2 aromatic carbocycles. The summed E-state index contributed by atoms with van der Waals surface area (Å²) < 4.78 is 0.915. The van der Waals surface area contributed by atoms with Crippen molar-refractivity contribution in [2.24, 2.45) is 0 Å². The molecule has 0 unspecified atom stereocenters. The minimum Gasteiger partial charge on any atom is -0.624 e. The maximum atomic E-state index is 11.7. The van der Waals surface area contributed by atoms with E-state index < -0.39 is 0 Å². The van der Waals surface area contributed by atoms with Crippen molar-refractivity contribution in [3.63, 3.8) is 0 Å². The minimum atomic E-state index is 0.351. The van der Waals surface area contributed by atoms with Crippen LogP contribution in [-0.4, -0.2) is 11.0 Å². The highest BCUT2D eigenvalue weighted by molar-refractivity contribution is 6.30. The van der Waals surface area contributed by atoms with Gasteiger partial charge in [0.2, 0.25) is 0 Å². The largest absolute Gasteiger partial charge is 0.624 e. The van der Waals surface area contributed by atoms with Gasteiger partial charge in [0.05, 0.1) is 0 Å². The third kappa shape index (κ3) is 3.61. The average Bonchev–Trinajstić information content (AvgIpc) is 2.33. The smallest absolute Gasteiger partial charge is 0.182 e. The van der Waals surface area contributed by atoms with Crippen molar-refractivity contribution < 1.29 is 4.74 Å². The fourth-order valence-electron chi connectivity index (χ4n) is 1.52. The Kier molecular flexibility index (Phi) is 3.78. The zero-order valence-corrected chi connectivity index (χ0v) is 9.97.